The first-order chi connectivity index (χ1) is 4.72. The van der Waals surface area contributed by atoms with Crippen LogP contribution < -0.4 is 0 Å². The first kappa shape index (κ1) is 9.93. The van der Waals surface area contributed by atoms with Crippen molar-refractivity contribution in [3.05, 3.63) is 0 Å². The molecule has 10 heavy (non-hydrogen) atoms. The fourth-order valence-electron chi connectivity index (χ4n) is 1.15. The Bertz CT molecular complexity index is 96.9. The van der Waals surface area contributed by atoms with Crippen LogP contribution in [0.3, 0.4) is 0 Å². The Labute approximate surface area is 66.1 Å². The van der Waals surface area contributed by atoms with Gasteiger partial charge < -0.3 is 0 Å². The molecule has 1 atom stereocenters. The van der Waals surface area contributed by atoms with Crippen molar-refractivity contribution >= 4 is 13.0 Å². The zero-order chi connectivity index (χ0) is 7.98. The van der Waals surface area contributed by atoms with Gasteiger partial charge in [0, 0.05) is 0 Å². The van der Waals surface area contributed by atoms with Crippen LogP contribution in [0.15, 0.2) is 0 Å². The SMILES string of the molecule is [B]=C(CCC)C(C)CCC. The average molecular weight is 137 g/mol. The Balaban J connectivity index is 3.49. The molecule has 0 fully saturated rings. The molecule has 0 amide bonds. The number of hydrogen-bond acceptors (Lipinski definition) is 0. The van der Waals surface area contributed by atoms with Crippen LogP contribution in [-0.2, 0) is 0 Å². The zero-order valence-corrected chi connectivity index (χ0v) is 7.48. The van der Waals surface area contributed by atoms with Gasteiger partial charge in [0.1, 0.15) is 0 Å². The Morgan fingerprint density at radius 2 is 1.90 bits per heavy atom. The topological polar surface area (TPSA) is 0 Å². The summed E-state index contributed by atoms with van der Waals surface area (Å²) in [6.07, 6.45) is 4.76. The Hall–Kier alpha value is -0.0651. The van der Waals surface area contributed by atoms with Gasteiger partial charge in [0.15, 0.2) is 0 Å². The molecule has 0 nitrogen and oxygen atoms in total. The maximum atomic E-state index is 5.83. The average Bonchev–Trinajstić information content (AvgIpc) is 1.89. The Morgan fingerprint density at radius 1 is 1.30 bits per heavy atom. The molecular weight excluding hydrogens is 119 g/mol. The summed E-state index contributed by atoms with van der Waals surface area (Å²) in [5, 5.41) is 0. The predicted octanol–water partition coefficient (Wildman–Crippen LogP) is 2.56. The third kappa shape index (κ3) is 3.87. The summed E-state index contributed by atoms with van der Waals surface area (Å²) < 4.78 is 0. The number of hydrogen-bond donors (Lipinski definition) is 0. The van der Waals surface area contributed by atoms with Crippen molar-refractivity contribution in [2.75, 3.05) is 0 Å². The van der Waals surface area contributed by atoms with Gasteiger partial charge >= 0.3 is 65.3 Å². The summed E-state index contributed by atoms with van der Waals surface area (Å²) in [5.74, 6) is 0.630. The van der Waals surface area contributed by atoms with Crippen molar-refractivity contribution in [2.24, 2.45) is 5.92 Å². The summed E-state index contributed by atoms with van der Waals surface area (Å²) in [7, 11) is 5.83. The van der Waals surface area contributed by atoms with E-state index >= 15 is 0 Å². The van der Waals surface area contributed by atoms with Crippen LogP contribution in [0, 0.1) is 5.92 Å². The molecule has 0 spiro atoms. The van der Waals surface area contributed by atoms with Crippen LogP contribution in [0.5, 0.6) is 0 Å². The summed E-state index contributed by atoms with van der Waals surface area (Å²) in [4.78, 5) is 0. The third-order valence-corrected chi connectivity index (χ3v) is 1.89. The normalized spacial score (nSPS) is 13.0. The molecule has 0 saturated heterocycles. The minimum atomic E-state index is 0.630. The fourth-order valence-corrected chi connectivity index (χ4v) is 1.15. The first-order valence-corrected chi connectivity index (χ1v) is 4.33. The van der Waals surface area contributed by atoms with Crippen molar-refractivity contribution in [1.82, 2.24) is 0 Å². The molecule has 0 aromatic rings. The summed E-state index contributed by atoms with van der Waals surface area (Å²) in [6, 6.07) is 0. The molecule has 0 aromatic heterocycles. The second-order valence-corrected chi connectivity index (χ2v) is 3.01. The van der Waals surface area contributed by atoms with Crippen molar-refractivity contribution < 1.29 is 0 Å². The van der Waals surface area contributed by atoms with Gasteiger partial charge in [-0.1, -0.05) is 0 Å². The van der Waals surface area contributed by atoms with E-state index < -0.39 is 0 Å². The van der Waals surface area contributed by atoms with E-state index in [1.54, 1.807) is 0 Å². The van der Waals surface area contributed by atoms with Crippen LogP contribution in [0.2, 0.25) is 0 Å². The van der Waals surface area contributed by atoms with Crippen molar-refractivity contribution in [3.8, 4) is 0 Å². The van der Waals surface area contributed by atoms with Gasteiger partial charge in [-0.2, -0.15) is 0 Å². The molecule has 0 bridgehead atoms. The van der Waals surface area contributed by atoms with Crippen molar-refractivity contribution in [2.45, 2.75) is 46.5 Å². The Kier molecular flexibility index (Phi) is 5.66. The molecule has 0 heterocycles. The molecule has 57 valence electrons. The van der Waals surface area contributed by atoms with Crippen molar-refractivity contribution in [1.29, 1.82) is 0 Å². The van der Waals surface area contributed by atoms with E-state index in [0.29, 0.717) is 5.92 Å². The molecule has 1 radical (unpaired) electrons. The van der Waals surface area contributed by atoms with Gasteiger partial charge in [-0.3, -0.25) is 0 Å². The molecule has 0 aromatic carbocycles. The molecule has 0 saturated carbocycles. The molecule has 1 unspecified atom stereocenters. The molecule has 0 aliphatic heterocycles. The van der Waals surface area contributed by atoms with E-state index in [4.69, 9.17) is 7.49 Å². The van der Waals surface area contributed by atoms with Crippen LogP contribution in [-0.4, -0.2) is 13.0 Å². The predicted molar refractivity (Wildman–Crippen MR) is 49.7 cm³/mol. The van der Waals surface area contributed by atoms with E-state index in [9.17, 15) is 0 Å². The van der Waals surface area contributed by atoms with E-state index in [-0.39, 0.29) is 0 Å². The fraction of sp³-hybridized carbons (Fsp3) is 0.889. The molecule has 0 aliphatic rings. The summed E-state index contributed by atoms with van der Waals surface area (Å²) >= 11 is 0. The third-order valence-electron chi connectivity index (χ3n) is 1.89. The molecule has 0 aliphatic carbocycles. The minimum absolute atomic E-state index is 0.630. The van der Waals surface area contributed by atoms with E-state index in [1.165, 1.54) is 24.7 Å². The van der Waals surface area contributed by atoms with Gasteiger partial charge in [-0.15, -0.1) is 0 Å². The van der Waals surface area contributed by atoms with Gasteiger partial charge in [-0.05, 0) is 0 Å². The van der Waals surface area contributed by atoms with Crippen LogP contribution >= 0.6 is 0 Å². The van der Waals surface area contributed by atoms with Gasteiger partial charge in [0.2, 0.25) is 0 Å². The quantitative estimate of drug-likeness (QED) is 0.511. The standard InChI is InChI=1S/C9H18B/c1-4-6-8(3)9(10)7-5-2/h8H,4-7H2,1-3H3. The zero-order valence-electron chi connectivity index (χ0n) is 7.48. The maximum absolute atomic E-state index is 5.83. The van der Waals surface area contributed by atoms with E-state index in [2.05, 4.69) is 20.8 Å². The van der Waals surface area contributed by atoms with Crippen LogP contribution in [0.4, 0.5) is 0 Å². The Morgan fingerprint density at radius 3 is 2.30 bits per heavy atom. The number of rotatable bonds is 5. The second kappa shape index (κ2) is 5.70. The molecule has 0 N–H and O–H groups in total. The van der Waals surface area contributed by atoms with Gasteiger partial charge in [-0.25, -0.2) is 0 Å². The van der Waals surface area contributed by atoms with Gasteiger partial charge in [0.05, 0.1) is 0 Å². The molecular formula is C9H18B. The van der Waals surface area contributed by atoms with E-state index in [0.717, 1.165) is 6.42 Å². The summed E-state index contributed by atoms with van der Waals surface area (Å²) in [6.45, 7) is 6.59. The van der Waals surface area contributed by atoms with E-state index in [1.807, 2.05) is 0 Å². The van der Waals surface area contributed by atoms with Crippen LogP contribution in [0.1, 0.15) is 46.5 Å². The monoisotopic (exact) mass is 137 g/mol. The molecule has 0 rings (SSSR count). The first-order valence-electron chi connectivity index (χ1n) is 4.33. The summed E-state index contributed by atoms with van der Waals surface area (Å²) in [5.41, 5.74) is 1.18. The van der Waals surface area contributed by atoms with Gasteiger partial charge in [0.25, 0.3) is 0 Å². The second-order valence-electron chi connectivity index (χ2n) is 3.01. The van der Waals surface area contributed by atoms with Crippen LogP contribution in [0.25, 0.3) is 0 Å². The molecule has 1 heteroatoms. The van der Waals surface area contributed by atoms with Crippen molar-refractivity contribution in [3.63, 3.8) is 0 Å².